The molecule has 1 fully saturated rings. The van der Waals surface area contributed by atoms with Crippen LogP contribution in [0.25, 0.3) is 0 Å². The average Bonchev–Trinajstić information content (AvgIpc) is 3.03. The van der Waals surface area contributed by atoms with Crippen molar-refractivity contribution in [3.05, 3.63) is 21.9 Å². The van der Waals surface area contributed by atoms with Crippen LogP contribution in [0.15, 0.2) is 11.4 Å². The van der Waals surface area contributed by atoms with Crippen molar-refractivity contribution in [1.29, 1.82) is 0 Å². The molecule has 1 saturated heterocycles. The molecule has 0 spiro atoms. The van der Waals surface area contributed by atoms with Crippen molar-refractivity contribution in [1.82, 2.24) is 4.90 Å². The van der Waals surface area contributed by atoms with Gasteiger partial charge < -0.3 is 5.73 Å². The molecule has 1 aromatic heterocycles. The van der Waals surface area contributed by atoms with Crippen molar-refractivity contribution in [2.24, 2.45) is 11.1 Å². The SMILES string of the molecule is CCC1(CC)CC(=O)N(Cc2cc(C#CCN)cs2)C1=O. The number of nitrogens with zero attached hydrogens (tertiary/aromatic N) is 1. The molecule has 2 rings (SSSR count). The van der Waals surface area contributed by atoms with Crippen LogP contribution in [0.1, 0.15) is 43.6 Å². The number of carbonyl (C=O) groups is 2. The van der Waals surface area contributed by atoms with E-state index in [1.807, 2.05) is 25.3 Å². The molecule has 0 atom stereocenters. The summed E-state index contributed by atoms with van der Waals surface area (Å²) < 4.78 is 0. The summed E-state index contributed by atoms with van der Waals surface area (Å²) in [5, 5.41) is 1.93. The van der Waals surface area contributed by atoms with E-state index in [1.165, 1.54) is 16.2 Å². The first kappa shape index (κ1) is 15.7. The maximum Gasteiger partial charge on any atom is 0.236 e. The Morgan fingerprint density at radius 1 is 1.38 bits per heavy atom. The summed E-state index contributed by atoms with van der Waals surface area (Å²) in [4.78, 5) is 27.1. The molecule has 0 unspecified atom stereocenters. The van der Waals surface area contributed by atoms with Gasteiger partial charge in [0.15, 0.2) is 0 Å². The third-order valence-electron chi connectivity index (χ3n) is 4.15. The highest BCUT2D eigenvalue weighted by Gasteiger charge is 2.48. The summed E-state index contributed by atoms with van der Waals surface area (Å²) >= 11 is 1.52. The number of amides is 2. The molecule has 5 heteroatoms. The largest absolute Gasteiger partial charge is 0.320 e. The molecule has 21 heavy (non-hydrogen) atoms. The van der Waals surface area contributed by atoms with E-state index in [0.29, 0.717) is 32.4 Å². The third-order valence-corrected chi connectivity index (χ3v) is 5.07. The Morgan fingerprint density at radius 3 is 2.67 bits per heavy atom. The lowest BCUT2D eigenvalue weighted by molar-refractivity contribution is -0.142. The zero-order valence-corrected chi connectivity index (χ0v) is 13.3. The van der Waals surface area contributed by atoms with Gasteiger partial charge in [-0.05, 0) is 18.9 Å². The first-order chi connectivity index (χ1) is 10.1. The van der Waals surface area contributed by atoms with Crippen molar-refractivity contribution < 1.29 is 9.59 Å². The summed E-state index contributed by atoms with van der Waals surface area (Å²) in [6, 6.07) is 1.92. The molecular formula is C16H20N2O2S. The molecule has 1 aliphatic heterocycles. The molecule has 2 N–H and O–H groups in total. The summed E-state index contributed by atoms with van der Waals surface area (Å²) in [5.41, 5.74) is 5.74. The van der Waals surface area contributed by atoms with Gasteiger partial charge in [-0.25, -0.2) is 0 Å². The van der Waals surface area contributed by atoms with Crippen LogP contribution in [-0.4, -0.2) is 23.3 Å². The predicted octanol–water partition coefficient (Wildman–Crippen LogP) is 2.12. The Labute approximate surface area is 129 Å². The van der Waals surface area contributed by atoms with E-state index in [9.17, 15) is 9.59 Å². The molecule has 0 bridgehead atoms. The van der Waals surface area contributed by atoms with Crippen molar-refractivity contribution in [3.8, 4) is 11.8 Å². The van der Waals surface area contributed by atoms with Gasteiger partial charge in [0.05, 0.1) is 18.5 Å². The van der Waals surface area contributed by atoms with Gasteiger partial charge >= 0.3 is 0 Å². The second-order valence-corrected chi connectivity index (χ2v) is 6.25. The lowest BCUT2D eigenvalue weighted by Crippen LogP contribution is -2.34. The highest BCUT2D eigenvalue weighted by Crippen LogP contribution is 2.40. The van der Waals surface area contributed by atoms with E-state index in [2.05, 4.69) is 11.8 Å². The Morgan fingerprint density at radius 2 is 2.10 bits per heavy atom. The van der Waals surface area contributed by atoms with Crippen LogP contribution in [0.4, 0.5) is 0 Å². The second kappa shape index (κ2) is 6.42. The Balaban J connectivity index is 2.14. The van der Waals surface area contributed by atoms with Crippen LogP contribution >= 0.6 is 11.3 Å². The van der Waals surface area contributed by atoms with E-state index < -0.39 is 5.41 Å². The molecule has 0 saturated carbocycles. The summed E-state index contributed by atoms with van der Waals surface area (Å²) in [5.74, 6) is 5.66. The first-order valence-corrected chi connectivity index (χ1v) is 8.05. The van der Waals surface area contributed by atoms with E-state index >= 15 is 0 Å². The van der Waals surface area contributed by atoms with Gasteiger partial charge in [0, 0.05) is 22.2 Å². The lowest BCUT2D eigenvalue weighted by atomic mass is 9.81. The van der Waals surface area contributed by atoms with Gasteiger partial charge in [-0.2, -0.15) is 0 Å². The Kier molecular flexibility index (Phi) is 4.81. The van der Waals surface area contributed by atoms with E-state index in [-0.39, 0.29) is 11.8 Å². The van der Waals surface area contributed by atoms with Crippen LogP contribution < -0.4 is 5.73 Å². The van der Waals surface area contributed by atoms with Crippen molar-refractivity contribution in [2.45, 2.75) is 39.7 Å². The van der Waals surface area contributed by atoms with Crippen LogP contribution in [0.5, 0.6) is 0 Å². The number of nitrogens with two attached hydrogens (primary N) is 1. The minimum atomic E-state index is -0.490. The highest BCUT2D eigenvalue weighted by atomic mass is 32.1. The van der Waals surface area contributed by atoms with Crippen molar-refractivity contribution in [2.75, 3.05) is 6.54 Å². The number of rotatable bonds is 4. The van der Waals surface area contributed by atoms with Crippen LogP contribution in [0.3, 0.4) is 0 Å². The van der Waals surface area contributed by atoms with Crippen LogP contribution in [0, 0.1) is 17.3 Å². The van der Waals surface area contributed by atoms with Gasteiger partial charge in [-0.3, -0.25) is 14.5 Å². The van der Waals surface area contributed by atoms with Gasteiger partial charge in [-0.1, -0.05) is 25.7 Å². The highest BCUT2D eigenvalue weighted by molar-refractivity contribution is 7.10. The minimum absolute atomic E-state index is 0.0273. The molecule has 0 aliphatic carbocycles. The quantitative estimate of drug-likeness (QED) is 0.684. The van der Waals surface area contributed by atoms with Crippen LogP contribution in [-0.2, 0) is 16.1 Å². The van der Waals surface area contributed by atoms with Crippen molar-refractivity contribution in [3.63, 3.8) is 0 Å². The second-order valence-electron chi connectivity index (χ2n) is 5.26. The fraction of sp³-hybridized carbons (Fsp3) is 0.500. The maximum atomic E-state index is 12.5. The van der Waals surface area contributed by atoms with Gasteiger partial charge in [-0.15, -0.1) is 11.3 Å². The predicted molar refractivity (Wildman–Crippen MR) is 83.4 cm³/mol. The number of imide groups is 1. The zero-order valence-electron chi connectivity index (χ0n) is 12.4. The lowest BCUT2D eigenvalue weighted by Gasteiger charge is -2.23. The Bertz CT molecular complexity index is 605. The minimum Gasteiger partial charge on any atom is -0.320 e. The number of carbonyl (C=O) groups excluding carboxylic acids is 2. The van der Waals surface area contributed by atoms with Crippen molar-refractivity contribution >= 4 is 23.2 Å². The van der Waals surface area contributed by atoms with Crippen LogP contribution in [0.2, 0.25) is 0 Å². The summed E-state index contributed by atoms with van der Waals surface area (Å²) in [6.45, 7) is 4.63. The molecule has 2 amide bonds. The fourth-order valence-electron chi connectivity index (χ4n) is 2.66. The maximum absolute atomic E-state index is 12.5. The van der Waals surface area contributed by atoms with Gasteiger partial charge in [0.1, 0.15) is 0 Å². The molecule has 1 aromatic rings. The zero-order chi connectivity index (χ0) is 15.5. The molecule has 1 aliphatic rings. The monoisotopic (exact) mass is 304 g/mol. The molecular weight excluding hydrogens is 284 g/mol. The summed E-state index contributed by atoms with van der Waals surface area (Å²) in [7, 11) is 0. The normalized spacial score (nSPS) is 17.0. The third kappa shape index (κ3) is 3.02. The van der Waals surface area contributed by atoms with E-state index in [4.69, 9.17) is 5.73 Å². The standard InChI is InChI=1S/C16H20N2O2S/c1-3-16(4-2)9-14(19)18(15(16)20)10-13-8-12(11-21-13)6-5-7-17/h8,11H,3-4,7,9-10,17H2,1-2H3. The number of hydrogen-bond donors (Lipinski definition) is 1. The number of hydrogen-bond acceptors (Lipinski definition) is 4. The fourth-order valence-corrected chi connectivity index (χ4v) is 3.46. The number of thiophene rings is 1. The molecule has 112 valence electrons. The summed E-state index contributed by atoms with van der Waals surface area (Å²) in [6.07, 6.45) is 1.76. The Hall–Kier alpha value is -1.64. The smallest absolute Gasteiger partial charge is 0.236 e. The topological polar surface area (TPSA) is 63.4 Å². The number of likely N-dealkylation sites (tertiary alicyclic amines) is 1. The average molecular weight is 304 g/mol. The molecule has 0 aromatic carbocycles. The molecule has 2 heterocycles. The van der Waals surface area contributed by atoms with E-state index in [0.717, 1.165) is 10.4 Å². The van der Waals surface area contributed by atoms with Gasteiger partial charge in [0.2, 0.25) is 11.8 Å². The molecule has 0 radical (unpaired) electrons. The molecule has 4 nitrogen and oxygen atoms in total. The van der Waals surface area contributed by atoms with Gasteiger partial charge in [0.25, 0.3) is 0 Å². The first-order valence-electron chi connectivity index (χ1n) is 7.17. The van der Waals surface area contributed by atoms with E-state index in [1.54, 1.807) is 0 Å².